The molecule has 2 heterocycles. The maximum atomic E-state index is 12.9. The van der Waals surface area contributed by atoms with E-state index in [1.54, 1.807) is 0 Å². The lowest BCUT2D eigenvalue weighted by Gasteiger charge is -2.34. The van der Waals surface area contributed by atoms with Gasteiger partial charge >= 0.3 is 6.03 Å². The van der Waals surface area contributed by atoms with E-state index in [1.165, 1.54) is 40.5 Å². The highest BCUT2D eigenvalue weighted by atomic mass is 32.2. The number of rotatable bonds is 5. The molecule has 9 nitrogen and oxygen atoms in total. The summed E-state index contributed by atoms with van der Waals surface area (Å²) >= 11 is 0. The molecule has 2 atom stereocenters. The minimum absolute atomic E-state index is 0.0492. The van der Waals surface area contributed by atoms with Crippen LogP contribution in [0.5, 0.6) is 0 Å². The number of carbonyl (C=O) groups is 3. The fraction of sp³-hybridized carbons (Fsp3) is 0.526. The number of hydrogen-bond donors (Lipinski definition) is 1. The number of likely N-dealkylation sites (N-methyl/N-ethyl adjacent to an activating group) is 1. The summed E-state index contributed by atoms with van der Waals surface area (Å²) in [5.41, 5.74) is 0.391. The molecular formula is C19H26N4O5S. The third kappa shape index (κ3) is 4.59. The van der Waals surface area contributed by atoms with E-state index in [-0.39, 0.29) is 18.0 Å². The second-order valence-electron chi connectivity index (χ2n) is 7.96. The van der Waals surface area contributed by atoms with Crippen molar-refractivity contribution in [2.24, 2.45) is 11.8 Å². The van der Waals surface area contributed by atoms with Crippen molar-refractivity contribution in [2.45, 2.75) is 25.2 Å². The zero-order valence-corrected chi connectivity index (χ0v) is 17.6. The van der Waals surface area contributed by atoms with Crippen molar-refractivity contribution < 1.29 is 22.8 Å². The first-order valence-corrected chi connectivity index (χ1v) is 11.0. The number of carbonyl (C=O) groups excluding carboxylic acids is 3. The lowest BCUT2D eigenvalue weighted by molar-refractivity contribution is -0.129. The Hall–Kier alpha value is -2.46. The molecule has 1 aromatic carbocycles. The number of piperidine rings is 1. The van der Waals surface area contributed by atoms with Gasteiger partial charge in [-0.2, -0.15) is 4.31 Å². The summed E-state index contributed by atoms with van der Waals surface area (Å²) in [5.74, 6) is -0.348. The van der Waals surface area contributed by atoms with Crippen LogP contribution in [0.25, 0.3) is 0 Å². The highest BCUT2D eigenvalue weighted by Gasteiger charge is 2.35. The normalized spacial score (nSPS) is 23.6. The number of urea groups is 1. The Balaban J connectivity index is 1.65. The number of benzene rings is 1. The second-order valence-corrected chi connectivity index (χ2v) is 9.90. The molecule has 0 radical (unpaired) electrons. The van der Waals surface area contributed by atoms with E-state index < -0.39 is 27.9 Å². The van der Waals surface area contributed by atoms with Crippen molar-refractivity contribution in [2.75, 3.05) is 38.5 Å². The van der Waals surface area contributed by atoms with Crippen molar-refractivity contribution in [1.82, 2.24) is 14.1 Å². The summed E-state index contributed by atoms with van der Waals surface area (Å²) in [5, 5.41) is 2.59. The number of sulfonamides is 1. The van der Waals surface area contributed by atoms with Crippen LogP contribution in [0, 0.1) is 11.8 Å². The molecule has 158 valence electrons. The summed E-state index contributed by atoms with van der Waals surface area (Å²) < 4.78 is 27.3. The average molecular weight is 423 g/mol. The van der Waals surface area contributed by atoms with Crippen molar-refractivity contribution in [3.05, 3.63) is 24.3 Å². The summed E-state index contributed by atoms with van der Waals surface area (Å²) in [4.78, 5) is 38.0. The molecule has 1 aromatic rings. The minimum atomic E-state index is -3.59. The molecule has 10 heteroatoms. The van der Waals surface area contributed by atoms with Crippen LogP contribution in [0.4, 0.5) is 10.5 Å². The van der Waals surface area contributed by atoms with Gasteiger partial charge in [-0.15, -0.1) is 0 Å². The van der Waals surface area contributed by atoms with Crippen molar-refractivity contribution in [3.63, 3.8) is 0 Å². The quantitative estimate of drug-likeness (QED) is 0.717. The lowest BCUT2D eigenvalue weighted by atomic mass is 9.94. The Labute approximate surface area is 170 Å². The molecule has 2 unspecified atom stereocenters. The first-order valence-electron chi connectivity index (χ1n) is 9.53. The zero-order chi connectivity index (χ0) is 21.3. The number of imide groups is 1. The number of nitrogens with zero attached hydrogens (tertiary/aromatic N) is 3. The number of anilines is 1. The smallest absolute Gasteiger partial charge is 0.325 e. The van der Waals surface area contributed by atoms with Crippen molar-refractivity contribution in [3.8, 4) is 0 Å². The van der Waals surface area contributed by atoms with Gasteiger partial charge < -0.3 is 10.2 Å². The van der Waals surface area contributed by atoms with Gasteiger partial charge in [0.25, 0.3) is 5.91 Å². The molecule has 2 aliphatic heterocycles. The van der Waals surface area contributed by atoms with E-state index in [0.717, 1.165) is 11.3 Å². The number of nitrogens with one attached hydrogen (secondary N) is 1. The van der Waals surface area contributed by atoms with Gasteiger partial charge in [-0.05, 0) is 42.5 Å². The Morgan fingerprint density at radius 2 is 1.69 bits per heavy atom. The molecule has 2 fully saturated rings. The molecule has 2 saturated heterocycles. The highest BCUT2D eigenvalue weighted by Crippen LogP contribution is 2.27. The molecule has 0 bridgehead atoms. The molecule has 29 heavy (non-hydrogen) atoms. The summed E-state index contributed by atoms with van der Waals surface area (Å²) in [6.07, 6.45) is 1.01. The van der Waals surface area contributed by atoms with Crippen LogP contribution in [0.1, 0.15) is 20.3 Å². The van der Waals surface area contributed by atoms with Gasteiger partial charge in [0.05, 0.1) is 4.90 Å². The Kier molecular flexibility index (Phi) is 5.95. The summed E-state index contributed by atoms with van der Waals surface area (Å²) in [6.45, 7) is 4.65. The van der Waals surface area contributed by atoms with Crippen LogP contribution in [-0.4, -0.2) is 73.6 Å². The maximum Gasteiger partial charge on any atom is 0.327 e. The largest absolute Gasteiger partial charge is 0.327 e. The van der Waals surface area contributed by atoms with E-state index in [1.807, 2.05) is 13.8 Å². The summed E-state index contributed by atoms with van der Waals surface area (Å²) in [7, 11) is -2.11. The van der Waals surface area contributed by atoms with E-state index in [2.05, 4.69) is 5.32 Å². The van der Waals surface area contributed by atoms with Crippen LogP contribution in [0.3, 0.4) is 0 Å². The van der Waals surface area contributed by atoms with E-state index >= 15 is 0 Å². The van der Waals surface area contributed by atoms with Gasteiger partial charge in [-0.3, -0.25) is 14.5 Å². The fourth-order valence-electron chi connectivity index (χ4n) is 3.83. The zero-order valence-electron chi connectivity index (χ0n) is 16.8. The first-order chi connectivity index (χ1) is 13.6. The molecule has 0 aliphatic carbocycles. The highest BCUT2D eigenvalue weighted by molar-refractivity contribution is 7.89. The van der Waals surface area contributed by atoms with E-state index in [9.17, 15) is 22.8 Å². The van der Waals surface area contributed by atoms with Crippen LogP contribution in [-0.2, 0) is 19.6 Å². The Bertz CT molecular complexity index is 905. The van der Waals surface area contributed by atoms with Gasteiger partial charge in [0, 0.05) is 25.8 Å². The van der Waals surface area contributed by atoms with Crippen LogP contribution >= 0.6 is 0 Å². The molecule has 4 amide bonds. The summed E-state index contributed by atoms with van der Waals surface area (Å²) in [6, 6.07) is 5.39. The van der Waals surface area contributed by atoms with Gasteiger partial charge in [-0.25, -0.2) is 13.2 Å². The number of hydrogen-bond acceptors (Lipinski definition) is 5. The third-order valence-electron chi connectivity index (χ3n) is 5.14. The second kappa shape index (κ2) is 8.11. The Morgan fingerprint density at radius 3 is 2.21 bits per heavy atom. The predicted molar refractivity (Wildman–Crippen MR) is 107 cm³/mol. The molecular weight excluding hydrogens is 396 g/mol. The molecule has 0 saturated carbocycles. The van der Waals surface area contributed by atoms with Crippen LogP contribution in [0.15, 0.2) is 29.2 Å². The monoisotopic (exact) mass is 422 g/mol. The van der Waals surface area contributed by atoms with E-state index in [4.69, 9.17) is 0 Å². The third-order valence-corrected chi connectivity index (χ3v) is 6.99. The van der Waals surface area contributed by atoms with Gasteiger partial charge in [-0.1, -0.05) is 13.8 Å². The molecule has 0 spiro atoms. The molecule has 0 aromatic heterocycles. The van der Waals surface area contributed by atoms with Gasteiger partial charge in [0.2, 0.25) is 15.9 Å². The first kappa shape index (κ1) is 21.3. The number of amides is 4. The predicted octanol–water partition coefficient (Wildman–Crippen LogP) is 1.19. The topological polar surface area (TPSA) is 107 Å². The standard InChI is InChI=1S/C19H26N4O5S/c1-13-8-14(2)10-22(9-13)29(27,28)16-6-4-15(5-7-16)20-17(24)11-23-18(25)12-21(3)19(23)26/h4-7,13-14H,8-12H2,1-3H3,(H,20,24). The van der Waals surface area contributed by atoms with Crippen LogP contribution in [0.2, 0.25) is 0 Å². The Morgan fingerprint density at radius 1 is 1.10 bits per heavy atom. The lowest BCUT2D eigenvalue weighted by Crippen LogP contribution is -2.42. The SMILES string of the molecule is CC1CC(C)CN(S(=O)(=O)c2ccc(NC(=O)CN3C(=O)CN(C)C3=O)cc2)C1. The molecule has 2 aliphatic rings. The van der Waals surface area contributed by atoms with E-state index in [0.29, 0.717) is 30.6 Å². The van der Waals surface area contributed by atoms with Gasteiger partial charge in [0.1, 0.15) is 13.1 Å². The average Bonchev–Trinajstić information content (AvgIpc) is 2.87. The molecule has 3 rings (SSSR count). The van der Waals surface area contributed by atoms with Crippen LogP contribution < -0.4 is 5.32 Å². The minimum Gasteiger partial charge on any atom is -0.325 e. The maximum absolute atomic E-state index is 12.9. The molecule has 1 N–H and O–H groups in total. The van der Waals surface area contributed by atoms with Crippen molar-refractivity contribution in [1.29, 1.82) is 0 Å². The van der Waals surface area contributed by atoms with Crippen molar-refractivity contribution >= 4 is 33.6 Å². The fourth-order valence-corrected chi connectivity index (χ4v) is 5.51. The van der Waals surface area contributed by atoms with Gasteiger partial charge in [0.15, 0.2) is 0 Å².